The number of carbonyl (C=O) groups is 1. The number of alkyl halides is 1. The fourth-order valence-corrected chi connectivity index (χ4v) is 3.02. The van der Waals surface area contributed by atoms with Gasteiger partial charge in [-0.15, -0.1) is 11.6 Å². The number of amides is 1. The van der Waals surface area contributed by atoms with E-state index in [0.29, 0.717) is 6.42 Å². The van der Waals surface area contributed by atoms with Crippen LogP contribution in [0.3, 0.4) is 0 Å². The molecule has 0 bridgehead atoms. The van der Waals surface area contributed by atoms with Gasteiger partial charge in [0, 0.05) is 17.2 Å². The molecule has 4 heteroatoms. The van der Waals surface area contributed by atoms with Crippen molar-refractivity contribution in [2.45, 2.75) is 11.8 Å². The zero-order valence-corrected chi connectivity index (χ0v) is 13.3. The molecule has 102 valence electrons. The first-order chi connectivity index (χ1) is 9.56. The molecule has 0 spiro atoms. The molecule has 1 aliphatic rings. The molecule has 3 rings (SSSR count). The van der Waals surface area contributed by atoms with Crippen LogP contribution in [0.2, 0.25) is 0 Å². The quantitative estimate of drug-likeness (QED) is 0.740. The van der Waals surface area contributed by atoms with Gasteiger partial charge in [0.05, 0.1) is 11.8 Å². The first-order valence-electron chi connectivity index (χ1n) is 6.35. The third-order valence-corrected chi connectivity index (χ3v) is 4.67. The largest absolute Gasteiger partial charge is 0.315 e. The average Bonchev–Trinajstić information content (AvgIpc) is 2.74. The van der Waals surface area contributed by atoms with Crippen LogP contribution >= 0.6 is 27.5 Å². The predicted molar refractivity (Wildman–Crippen MR) is 85.4 cm³/mol. The molecule has 0 saturated heterocycles. The molecule has 2 aromatic rings. The number of hydrogen-bond donors (Lipinski definition) is 0. The molecule has 2 nitrogen and oxygen atoms in total. The highest BCUT2D eigenvalue weighted by molar-refractivity contribution is 9.10. The number of anilines is 1. The summed E-state index contributed by atoms with van der Waals surface area (Å²) in [7, 11) is 1.81. The van der Waals surface area contributed by atoms with Crippen molar-refractivity contribution in [3.05, 3.63) is 63.6 Å². The number of carbonyl (C=O) groups excluding carboxylic acids is 1. The van der Waals surface area contributed by atoms with Crippen LogP contribution in [0.25, 0.3) is 0 Å². The molecule has 0 saturated carbocycles. The van der Waals surface area contributed by atoms with Crippen LogP contribution in [0.1, 0.15) is 22.1 Å². The maximum Gasteiger partial charge on any atom is 0.231 e. The third-order valence-electron chi connectivity index (χ3n) is 3.64. The Labute approximate surface area is 131 Å². The summed E-state index contributed by atoms with van der Waals surface area (Å²) in [6.07, 6.45) is 0.462. The Hall–Kier alpha value is -1.32. The Morgan fingerprint density at radius 3 is 2.50 bits per heavy atom. The first kappa shape index (κ1) is 13.7. The van der Waals surface area contributed by atoms with Gasteiger partial charge in [-0.1, -0.05) is 40.2 Å². The number of hydrogen-bond acceptors (Lipinski definition) is 1. The molecular formula is C16H13BrClNO. The minimum Gasteiger partial charge on any atom is -0.315 e. The SMILES string of the molecule is CN1C(=O)Cc2cc(C(Cl)c3ccc(Br)cc3)ccc21. The molecule has 0 N–H and O–H groups in total. The second kappa shape index (κ2) is 5.23. The van der Waals surface area contributed by atoms with E-state index in [0.717, 1.165) is 26.9 Å². The molecule has 2 aromatic carbocycles. The van der Waals surface area contributed by atoms with Crippen LogP contribution < -0.4 is 4.90 Å². The van der Waals surface area contributed by atoms with E-state index in [1.54, 1.807) is 11.9 Å². The summed E-state index contributed by atoms with van der Waals surface area (Å²) in [6.45, 7) is 0. The van der Waals surface area contributed by atoms with Crippen molar-refractivity contribution >= 4 is 39.1 Å². The van der Waals surface area contributed by atoms with Crippen LogP contribution in [-0.4, -0.2) is 13.0 Å². The number of fused-ring (bicyclic) bond motifs is 1. The van der Waals surface area contributed by atoms with Crippen LogP contribution in [0.15, 0.2) is 46.9 Å². The summed E-state index contributed by atoms with van der Waals surface area (Å²) < 4.78 is 1.03. The fraction of sp³-hybridized carbons (Fsp3) is 0.188. The van der Waals surface area contributed by atoms with E-state index in [1.165, 1.54) is 0 Å². The number of rotatable bonds is 2. The predicted octanol–water partition coefficient (Wildman–Crippen LogP) is 4.30. The number of halogens is 2. The molecular weight excluding hydrogens is 338 g/mol. The zero-order valence-electron chi connectivity index (χ0n) is 10.9. The average molecular weight is 351 g/mol. The Balaban J connectivity index is 1.94. The standard InChI is InChI=1S/C16H13BrClNO/c1-19-14-7-4-11(8-12(14)9-15(19)20)16(18)10-2-5-13(17)6-3-10/h2-8,16H,9H2,1H3. The van der Waals surface area contributed by atoms with Gasteiger partial charge in [-0.3, -0.25) is 4.79 Å². The van der Waals surface area contributed by atoms with E-state index in [1.807, 2.05) is 42.5 Å². The molecule has 0 radical (unpaired) electrons. The molecule has 20 heavy (non-hydrogen) atoms. The van der Waals surface area contributed by atoms with Crippen molar-refractivity contribution in [3.8, 4) is 0 Å². The molecule has 1 amide bonds. The van der Waals surface area contributed by atoms with Gasteiger partial charge in [-0.05, 0) is 34.9 Å². The van der Waals surface area contributed by atoms with Gasteiger partial charge in [-0.25, -0.2) is 0 Å². The lowest BCUT2D eigenvalue weighted by Gasteiger charge is -2.14. The van der Waals surface area contributed by atoms with Crippen molar-refractivity contribution in [1.82, 2.24) is 0 Å². The van der Waals surface area contributed by atoms with Gasteiger partial charge < -0.3 is 4.90 Å². The van der Waals surface area contributed by atoms with Gasteiger partial charge in [0.1, 0.15) is 0 Å². The van der Waals surface area contributed by atoms with Crippen LogP contribution in [0, 0.1) is 0 Å². The van der Waals surface area contributed by atoms with E-state index < -0.39 is 0 Å². The van der Waals surface area contributed by atoms with E-state index in [2.05, 4.69) is 15.9 Å². The number of likely N-dealkylation sites (N-methyl/N-ethyl adjacent to an activating group) is 1. The van der Waals surface area contributed by atoms with Gasteiger partial charge in [-0.2, -0.15) is 0 Å². The summed E-state index contributed by atoms with van der Waals surface area (Å²) in [6, 6.07) is 14.0. The topological polar surface area (TPSA) is 20.3 Å². The van der Waals surface area contributed by atoms with Crippen LogP contribution in [0.4, 0.5) is 5.69 Å². The van der Waals surface area contributed by atoms with E-state index >= 15 is 0 Å². The van der Waals surface area contributed by atoms with Gasteiger partial charge >= 0.3 is 0 Å². The normalized spacial score (nSPS) is 15.3. The summed E-state index contributed by atoms with van der Waals surface area (Å²) in [5.41, 5.74) is 4.11. The second-order valence-electron chi connectivity index (χ2n) is 4.93. The lowest BCUT2D eigenvalue weighted by molar-refractivity contribution is -0.117. The lowest BCUT2D eigenvalue weighted by atomic mass is 10.0. The monoisotopic (exact) mass is 349 g/mol. The van der Waals surface area contributed by atoms with E-state index in [4.69, 9.17) is 11.6 Å². The third kappa shape index (κ3) is 2.36. The highest BCUT2D eigenvalue weighted by Crippen LogP contribution is 2.35. The molecule has 1 aliphatic heterocycles. The number of benzene rings is 2. The van der Waals surface area contributed by atoms with E-state index in [-0.39, 0.29) is 11.3 Å². The fourth-order valence-electron chi connectivity index (χ4n) is 2.47. The van der Waals surface area contributed by atoms with Crippen LogP contribution in [-0.2, 0) is 11.2 Å². The Morgan fingerprint density at radius 1 is 1.15 bits per heavy atom. The molecule has 1 heterocycles. The molecule has 0 fully saturated rings. The smallest absolute Gasteiger partial charge is 0.231 e. The molecule has 0 aliphatic carbocycles. The highest BCUT2D eigenvalue weighted by Gasteiger charge is 2.25. The minimum atomic E-state index is -0.200. The Bertz CT molecular complexity index is 669. The molecule has 1 atom stereocenters. The summed E-state index contributed by atoms with van der Waals surface area (Å²) in [5, 5.41) is -0.200. The molecule has 1 unspecified atom stereocenters. The second-order valence-corrected chi connectivity index (χ2v) is 6.28. The van der Waals surface area contributed by atoms with Gasteiger partial charge in [0.2, 0.25) is 5.91 Å². The highest BCUT2D eigenvalue weighted by atomic mass is 79.9. The summed E-state index contributed by atoms with van der Waals surface area (Å²) in [5.74, 6) is 0.131. The zero-order chi connectivity index (χ0) is 14.3. The number of nitrogens with zero attached hydrogens (tertiary/aromatic N) is 1. The van der Waals surface area contributed by atoms with Gasteiger partial charge in [0.15, 0.2) is 0 Å². The summed E-state index contributed by atoms with van der Waals surface area (Å²) >= 11 is 9.96. The maximum absolute atomic E-state index is 11.7. The first-order valence-corrected chi connectivity index (χ1v) is 7.58. The van der Waals surface area contributed by atoms with Gasteiger partial charge in [0.25, 0.3) is 0 Å². The van der Waals surface area contributed by atoms with E-state index in [9.17, 15) is 4.79 Å². The Morgan fingerprint density at radius 2 is 1.80 bits per heavy atom. The summed E-state index contributed by atoms with van der Waals surface area (Å²) in [4.78, 5) is 13.4. The van der Waals surface area contributed by atoms with Crippen molar-refractivity contribution < 1.29 is 4.79 Å². The maximum atomic E-state index is 11.7. The van der Waals surface area contributed by atoms with Crippen molar-refractivity contribution in [3.63, 3.8) is 0 Å². The molecule has 0 aromatic heterocycles. The van der Waals surface area contributed by atoms with Crippen molar-refractivity contribution in [2.75, 3.05) is 11.9 Å². The minimum absolute atomic E-state index is 0.131. The van der Waals surface area contributed by atoms with Crippen molar-refractivity contribution in [2.24, 2.45) is 0 Å². The lowest BCUT2D eigenvalue weighted by Crippen LogP contribution is -2.20. The Kier molecular flexibility index (Phi) is 3.57. The van der Waals surface area contributed by atoms with Crippen LogP contribution in [0.5, 0.6) is 0 Å². The van der Waals surface area contributed by atoms with Crippen molar-refractivity contribution in [1.29, 1.82) is 0 Å².